The predicted molar refractivity (Wildman–Crippen MR) is 66.6 cm³/mol. The number of nitrogens with zero attached hydrogens (tertiary/aromatic N) is 1. The van der Waals surface area contributed by atoms with Gasteiger partial charge in [0.25, 0.3) is 0 Å². The highest BCUT2D eigenvalue weighted by Crippen LogP contribution is 2.50. The number of ether oxygens (including phenoxy) is 2. The van der Waals surface area contributed by atoms with Gasteiger partial charge in [0.1, 0.15) is 12.1 Å². The van der Waals surface area contributed by atoms with Crippen LogP contribution in [-0.2, 0) is 27.9 Å². The van der Waals surface area contributed by atoms with Crippen molar-refractivity contribution >= 4 is 19.8 Å². The van der Waals surface area contributed by atoms with Gasteiger partial charge in [0.05, 0.1) is 7.11 Å². The van der Waals surface area contributed by atoms with Gasteiger partial charge in [-0.2, -0.15) is 0 Å². The Bertz CT molecular complexity index is 369. The molecule has 0 N–H and O–H groups in total. The second kappa shape index (κ2) is 6.88. The molecule has 0 rings (SSSR count). The van der Waals surface area contributed by atoms with Crippen LogP contribution in [0.25, 0.3) is 0 Å². The second-order valence-corrected chi connectivity index (χ2v) is 6.60. The largest absolute Gasteiger partial charge is 0.468 e. The van der Waals surface area contributed by atoms with Crippen LogP contribution in [0.3, 0.4) is 0 Å². The van der Waals surface area contributed by atoms with E-state index in [1.54, 1.807) is 20.8 Å². The van der Waals surface area contributed by atoms with Crippen LogP contribution in [0.4, 0.5) is 4.79 Å². The van der Waals surface area contributed by atoms with E-state index in [-0.39, 0.29) is 0 Å². The van der Waals surface area contributed by atoms with Gasteiger partial charge >= 0.3 is 19.8 Å². The van der Waals surface area contributed by atoms with Crippen LogP contribution in [0.1, 0.15) is 20.8 Å². The summed E-state index contributed by atoms with van der Waals surface area (Å²) in [5, 5.41) is 0. The molecule has 0 bridgehead atoms. The van der Waals surface area contributed by atoms with Crippen LogP contribution in [0.5, 0.6) is 0 Å². The Morgan fingerprint density at radius 1 is 1.11 bits per heavy atom. The molecule has 9 heteroatoms. The molecular formula is C10H20NO7P. The quantitative estimate of drug-likeness (QED) is 0.564. The number of carbonyl (C=O) groups is 2. The molecule has 0 heterocycles. The van der Waals surface area contributed by atoms with E-state index in [2.05, 4.69) is 13.8 Å². The van der Waals surface area contributed by atoms with Gasteiger partial charge in [-0.05, 0) is 20.8 Å². The topological polar surface area (TPSA) is 91.4 Å². The molecule has 112 valence electrons. The van der Waals surface area contributed by atoms with Crippen molar-refractivity contribution in [2.24, 2.45) is 0 Å². The summed E-state index contributed by atoms with van der Waals surface area (Å²) in [5.41, 5.74) is -0.822. The first-order valence-corrected chi connectivity index (χ1v) is 6.88. The first-order valence-electron chi connectivity index (χ1n) is 5.39. The highest BCUT2D eigenvalue weighted by molar-refractivity contribution is 7.52. The van der Waals surface area contributed by atoms with E-state index in [4.69, 9.17) is 4.74 Å². The summed E-state index contributed by atoms with van der Waals surface area (Å²) in [6.45, 7) is 4.29. The number of amides is 1. The second-order valence-electron chi connectivity index (χ2n) is 4.45. The molecule has 1 amide bonds. The zero-order valence-electron chi connectivity index (χ0n) is 12.0. The van der Waals surface area contributed by atoms with Crippen molar-refractivity contribution in [1.82, 2.24) is 4.67 Å². The summed E-state index contributed by atoms with van der Waals surface area (Å²) in [5.74, 6) is -0.778. The van der Waals surface area contributed by atoms with Gasteiger partial charge < -0.3 is 9.47 Å². The van der Waals surface area contributed by atoms with Crippen LogP contribution >= 0.6 is 7.75 Å². The molecule has 0 aromatic carbocycles. The molecule has 0 atom stereocenters. The monoisotopic (exact) mass is 297 g/mol. The Hall–Kier alpha value is -1.11. The van der Waals surface area contributed by atoms with Crippen LogP contribution in [0.2, 0.25) is 0 Å². The molecule has 19 heavy (non-hydrogen) atoms. The maximum atomic E-state index is 12.2. The lowest BCUT2D eigenvalue weighted by atomic mass is 10.2. The van der Waals surface area contributed by atoms with E-state index in [1.165, 1.54) is 0 Å². The van der Waals surface area contributed by atoms with E-state index >= 15 is 0 Å². The molecule has 0 aromatic rings. The lowest BCUT2D eigenvalue weighted by Crippen LogP contribution is -2.38. The maximum absolute atomic E-state index is 12.2. The Balaban J connectivity index is 5.23. The number of hydrogen-bond donors (Lipinski definition) is 0. The van der Waals surface area contributed by atoms with Crippen molar-refractivity contribution in [2.75, 3.05) is 27.9 Å². The summed E-state index contributed by atoms with van der Waals surface area (Å²) in [6, 6.07) is 0. The molecule has 0 aliphatic heterocycles. The van der Waals surface area contributed by atoms with Gasteiger partial charge in [0.2, 0.25) is 0 Å². The number of methoxy groups -OCH3 is 1. The summed E-state index contributed by atoms with van der Waals surface area (Å²) in [6.07, 6.45) is -0.995. The highest BCUT2D eigenvalue weighted by Gasteiger charge is 2.40. The van der Waals surface area contributed by atoms with Crippen LogP contribution < -0.4 is 0 Å². The Kier molecular flexibility index (Phi) is 6.48. The van der Waals surface area contributed by atoms with Gasteiger partial charge in [0.15, 0.2) is 0 Å². The van der Waals surface area contributed by atoms with Crippen LogP contribution in [-0.4, -0.2) is 50.2 Å². The smallest absolute Gasteiger partial charge is 0.440 e. The molecule has 0 saturated carbocycles. The van der Waals surface area contributed by atoms with Crippen molar-refractivity contribution < 1.29 is 32.7 Å². The maximum Gasteiger partial charge on any atom is 0.440 e. The van der Waals surface area contributed by atoms with Gasteiger partial charge in [-0.3, -0.25) is 13.8 Å². The number of hydrogen-bond acceptors (Lipinski definition) is 7. The van der Waals surface area contributed by atoms with Gasteiger partial charge in [-0.25, -0.2) is 14.0 Å². The fourth-order valence-corrected chi connectivity index (χ4v) is 2.10. The molecule has 0 aliphatic carbocycles. The zero-order chi connectivity index (χ0) is 15.3. The third-order valence-corrected chi connectivity index (χ3v) is 3.69. The molecule has 0 aliphatic rings. The van der Waals surface area contributed by atoms with Crippen LogP contribution in [0.15, 0.2) is 0 Å². The van der Waals surface area contributed by atoms with Crippen molar-refractivity contribution in [1.29, 1.82) is 0 Å². The first-order chi connectivity index (χ1) is 8.59. The SMILES string of the molecule is COC(=O)CN(C(=O)OC(C)(C)C)P(=O)(OC)OC. The first kappa shape index (κ1) is 17.9. The van der Waals surface area contributed by atoms with Crippen molar-refractivity contribution in [3.63, 3.8) is 0 Å². The van der Waals surface area contributed by atoms with Crippen molar-refractivity contribution in [2.45, 2.75) is 26.4 Å². The average molecular weight is 297 g/mol. The average Bonchev–Trinajstić information content (AvgIpc) is 2.32. The Labute approximate surface area is 112 Å². The molecule has 0 unspecified atom stereocenters. The zero-order valence-corrected chi connectivity index (χ0v) is 12.9. The highest BCUT2D eigenvalue weighted by atomic mass is 31.2. The predicted octanol–water partition coefficient (Wildman–Crippen LogP) is 1.80. The van der Waals surface area contributed by atoms with E-state index in [0.29, 0.717) is 4.67 Å². The lowest BCUT2D eigenvalue weighted by Gasteiger charge is -2.29. The standard InChI is InChI=1S/C10H20NO7P/c1-10(2,3)18-9(13)11(7-8(12)15-4)19(14,16-5)17-6/h7H2,1-6H3. The van der Waals surface area contributed by atoms with E-state index in [0.717, 1.165) is 21.3 Å². The van der Waals surface area contributed by atoms with E-state index in [9.17, 15) is 14.2 Å². The fraction of sp³-hybridized carbons (Fsp3) is 0.800. The van der Waals surface area contributed by atoms with Crippen molar-refractivity contribution in [3.8, 4) is 0 Å². The summed E-state index contributed by atoms with van der Waals surface area (Å²) in [7, 11) is -0.611. The number of esters is 1. The minimum Gasteiger partial charge on any atom is -0.468 e. The number of carbonyl (C=O) groups excluding carboxylic acids is 2. The van der Waals surface area contributed by atoms with Crippen LogP contribution in [0, 0.1) is 0 Å². The Morgan fingerprint density at radius 3 is 1.89 bits per heavy atom. The summed E-state index contributed by atoms with van der Waals surface area (Å²) < 4.78 is 31.6. The van der Waals surface area contributed by atoms with Gasteiger partial charge in [-0.1, -0.05) is 0 Å². The minimum atomic E-state index is -3.94. The fourth-order valence-electron chi connectivity index (χ4n) is 1.02. The third-order valence-electron chi connectivity index (χ3n) is 1.87. The van der Waals surface area contributed by atoms with E-state index in [1.807, 2.05) is 0 Å². The normalized spacial score (nSPS) is 11.9. The number of rotatable bonds is 5. The van der Waals surface area contributed by atoms with Gasteiger partial charge in [-0.15, -0.1) is 0 Å². The molecule has 0 spiro atoms. The molecule has 8 nitrogen and oxygen atoms in total. The molecule has 0 aromatic heterocycles. The molecule has 0 saturated heterocycles. The molecule has 0 fully saturated rings. The summed E-state index contributed by atoms with van der Waals surface area (Å²) in [4.78, 5) is 23.2. The molecule has 0 radical (unpaired) electrons. The van der Waals surface area contributed by atoms with Crippen molar-refractivity contribution in [3.05, 3.63) is 0 Å². The minimum absolute atomic E-state index is 0.573. The Morgan fingerprint density at radius 2 is 1.58 bits per heavy atom. The molecular weight excluding hydrogens is 277 g/mol. The van der Waals surface area contributed by atoms with E-state index < -0.39 is 32.0 Å². The van der Waals surface area contributed by atoms with Gasteiger partial charge in [0, 0.05) is 14.2 Å². The summed E-state index contributed by atoms with van der Waals surface area (Å²) >= 11 is 0. The lowest BCUT2D eigenvalue weighted by molar-refractivity contribution is -0.141. The third kappa shape index (κ3) is 5.59.